The van der Waals surface area contributed by atoms with E-state index < -0.39 is 0 Å². The molecule has 0 heterocycles. The smallest absolute Gasteiger partial charge is 0.0324 e. The van der Waals surface area contributed by atoms with Crippen LogP contribution in [-0.4, -0.2) is 0 Å². The first-order valence-corrected chi connectivity index (χ1v) is 4.09. The van der Waals surface area contributed by atoms with E-state index in [9.17, 15) is 0 Å². The third-order valence-electron chi connectivity index (χ3n) is 1.23. The van der Waals surface area contributed by atoms with Gasteiger partial charge in [-0.15, -0.1) is 0 Å². The number of rotatable bonds is 4. The molecule has 0 radical (unpaired) electrons. The van der Waals surface area contributed by atoms with Gasteiger partial charge in [-0.3, -0.25) is 0 Å². The second-order valence-corrected chi connectivity index (χ2v) is 2.89. The minimum atomic E-state index is 0.784. The summed E-state index contributed by atoms with van der Waals surface area (Å²) in [5.41, 5.74) is 0. The minimum Gasteiger partial charge on any atom is -0.0848 e. The quantitative estimate of drug-likeness (QED) is 0.521. The fraction of sp³-hybridized carbons (Fsp3) is 0.600. The van der Waals surface area contributed by atoms with Crippen molar-refractivity contribution in [2.24, 2.45) is 5.92 Å². The van der Waals surface area contributed by atoms with Crippen LogP contribution in [0, 0.1) is 5.92 Å². The Labute approximate surface area is 64.6 Å². The second kappa shape index (κ2) is 6.60. The van der Waals surface area contributed by atoms with Crippen molar-refractivity contribution in [3.05, 3.63) is 24.3 Å². The van der Waals surface area contributed by atoms with Gasteiger partial charge in [0.1, 0.15) is 0 Å². The van der Waals surface area contributed by atoms with Crippen molar-refractivity contribution in [1.29, 1.82) is 0 Å². The van der Waals surface area contributed by atoms with E-state index in [2.05, 4.69) is 45.1 Å². The lowest BCUT2D eigenvalue weighted by Crippen LogP contribution is -1.80. The third-order valence-corrected chi connectivity index (χ3v) is 1.23. The summed E-state index contributed by atoms with van der Waals surface area (Å²) in [6.07, 6.45) is 10.9. The highest BCUT2D eigenvalue weighted by Crippen LogP contribution is 1.99. The van der Waals surface area contributed by atoms with E-state index in [4.69, 9.17) is 0 Å². The Hall–Kier alpha value is -0.520. The fourth-order valence-electron chi connectivity index (χ4n) is 0.644. The molecule has 0 rings (SSSR count). The van der Waals surface area contributed by atoms with Crippen molar-refractivity contribution >= 4 is 0 Å². The molecule has 0 N–H and O–H groups in total. The fourth-order valence-corrected chi connectivity index (χ4v) is 0.644. The molecule has 0 fully saturated rings. The molecule has 0 saturated carbocycles. The molecule has 0 aromatic rings. The average Bonchev–Trinajstić information content (AvgIpc) is 1.87. The van der Waals surface area contributed by atoms with E-state index in [1.807, 2.05) is 0 Å². The van der Waals surface area contributed by atoms with E-state index >= 15 is 0 Å². The van der Waals surface area contributed by atoms with E-state index in [-0.39, 0.29) is 0 Å². The maximum absolute atomic E-state index is 2.23. The maximum Gasteiger partial charge on any atom is -0.0324 e. The summed E-state index contributed by atoms with van der Waals surface area (Å²) in [4.78, 5) is 0. The predicted molar refractivity (Wildman–Crippen MR) is 48.0 cm³/mol. The summed E-state index contributed by atoms with van der Waals surface area (Å²) in [6, 6.07) is 0. The first kappa shape index (κ1) is 9.48. The van der Waals surface area contributed by atoms with Gasteiger partial charge in [0.25, 0.3) is 0 Å². The zero-order valence-corrected chi connectivity index (χ0v) is 7.30. The average molecular weight is 138 g/mol. The van der Waals surface area contributed by atoms with Gasteiger partial charge in [-0.25, -0.2) is 0 Å². The molecule has 10 heavy (non-hydrogen) atoms. The molecule has 0 atom stereocenters. The molecule has 0 heteroatoms. The zero-order chi connectivity index (χ0) is 7.82. The summed E-state index contributed by atoms with van der Waals surface area (Å²) < 4.78 is 0. The lowest BCUT2D eigenvalue weighted by atomic mass is 10.1. The molecule has 0 aliphatic carbocycles. The molecule has 0 nitrogen and oxygen atoms in total. The molecule has 0 bridgehead atoms. The maximum atomic E-state index is 2.23. The van der Waals surface area contributed by atoms with Crippen LogP contribution in [0.3, 0.4) is 0 Å². The summed E-state index contributed by atoms with van der Waals surface area (Å²) in [5, 5.41) is 0. The standard InChI is InChI=1S/C10H18/c1-4-5-6-7-8-9-10(2)3/h5-8,10H,4,9H2,1-3H3. The van der Waals surface area contributed by atoms with Crippen LogP contribution in [0.15, 0.2) is 24.3 Å². The highest BCUT2D eigenvalue weighted by Gasteiger charge is 1.84. The summed E-state index contributed by atoms with van der Waals surface area (Å²) >= 11 is 0. The first-order valence-electron chi connectivity index (χ1n) is 4.09. The molecule has 0 saturated heterocycles. The van der Waals surface area contributed by atoms with E-state index in [1.54, 1.807) is 0 Å². The van der Waals surface area contributed by atoms with Crippen LogP contribution >= 0.6 is 0 Å². The van der Waals surface area contributed by atoms with E-state index in [0.29, 0.717) is 0 Å². The molecule has 58 valence electrons. The lowest BCUT2D eigenvalue weighted by molar-refractivity contribution is 0.664. The van der Waals surface area contributed by atoms with Crippen molar-refractivity contribution in [3.63, 3.8) is 0 Å². The highest BCUT2D eigenvalue weighted by molar-refractivity contribution is 5.01. The van der Waals surface area contributed by atoms with Crippen molar-refractivity contribution in [1.82, 2.24) is 0 Å². The lowest BCUT2D eigenvalue weighted by Gasteiger charge is -1.94. The van der Waals surface area contributed by atoms with E-state index in [1.165, 1.54) is 6.42 Å². The highest BCUT2D eigenvalue weighted by atomic mass is 13.9. The van der Waals surface area contributed by atoms with Crippen LogP contribution in [0.2, 0.25) is 0 Å². The van der Waals surface area contributed by atoms with Crippen molar-refractivity contribution < 1.29 is 0 Å². The molecular formula is C10H18. The summed E-state index contributed by atoms with van der Waals surface area (Å²) in [5.74, 6) is 0.784. The van der Waals surface area contributed by atoms with Crippen LogP contribution in [0.1, 0.15) is 33.6 Å². The van der Waals surface area contributed by atoms with Crippen LogP contribution < -0.4 is 0 Å². The minimum absolute atomic E-state index is 0.784. The Morgan fingerprint density at radius 3 is 2.20 bits per heavy atom. The monoisotopic (exact) mass is 138 g/mol. The summed E-state index contributed by atoms with van der Waals surface area (Å²) in [7, 11) is 0. The van der Waals surface area contributed by atoms with Crippen molar-refractivity contribution in [2.45, 2.75) is 33.6 Å². The Morgan fingerprint density at radius 1 is 1.10 bits per heavy atom. The molecule has 0 unspecified atom stereocenters. The number of hydrogen-bond donors (Lipinski definition) is 0. The Bertz CT molecular complexity index is 107. The van der Waals surface area contributed by atoms with Crippen LogP contribution in [-0.2, 0) is 0 Å². The van der Waals surface area contributed by atoms with Gasteiger partial charge in [0.15, 0.2) is 0 Å². The van der Waals surface area contributed by atoms with Gasteiger partial charge in [0.05, 0.1) is 0 Å². The van der Waals surface area contributed by atoms with Gasteiger partial charge < -0.3 is 0 Å². The zero-order valence-electron chi connectivity index (χ0n) is 7.30. The Balaban J connectivity index is 3.28. The van der Waals surface area contributed by atoms with Gasteiger partial charge in [0.2, 0.25) is 0 Å². The molecule has 0 amide bonds. The topological polar surface area (TPSA) is 0 Å². The first-order chi connectivity index (χ1) is 4.77. The van der Waals surface area contributed by atoms with Crippen LogP contribution in [0.25, 0.3) is 0 Å². The van der Waals surface area contributed by atoms with Crippen molar-refractivity contribution in [3.8, 4) is 0 Å². The van der Waals surface area contributed by atoms with Gasteiger partial charge in [-0.05, 0) is 18.8 Å². The molecule has 0 aliphatic heterocycles. The number of hydrogen-bond acceptors (Lipinski definition) is 0. The second-order valence-electron chi connectivity index (χ2n) is 2.89. The molecule has 0 aromatic heterocycles. The molecular weight excluding hydrogens is 120 g/mol. The Morgan fingerprint density at radius 2 is 1.70 bits per heavy atom. The van der Waals surface area contributed by atoms with Gasteiger partial charge >= 0.3 is 0 Å². The molecule has 0 aromatic carbocycles. The third kappa shape index (κ3) is 7.48. The summed E-state index contributed by atoms with van der Waals surface area (Å²) in [6.45, 7) is 6.61. The number of allylic oxidation sites excluding steroid dienone is 4. The van der Waals surface area contributed by atoms with Crippen molar-refractivity contribution in [2.75, 3.05) is 0 Å². The van der Waals surface area contributed by atoms with E-state index in [0.717, 1.165) is 12.3 Å². The van der Waals surface area contributed by atoms with Gasteiger partial charge in [0, 0.05) is 0 Å². The normalized spacial score (nSPS) is 12.4. The molecule has 0 aliphatic rings. The molecule has 0 spiro atoms. The van der Waals surface area contributed by atoms with Crippen LogP contribution in [0.5, 0.6) is 0 Å². The van der Waals surface area contributed by atoms with Gasteiger partial charge in [-0.2, -0.15) is 0 Å². The Kier molecular flexibility index (Phi) is 6.25. The predicted octanol–water partition coefficient (Wildman–Crippen LogP) is 3.55. The largest absolute Gasteiger partial charge is 0.0848 e. The van der Waals surface area contributed by atoms with Gasteiger partial charge in [-0.1, -0.05) is 45.1 Å². The SMILES string of the molecule is CCC=CC=CCC(C)C. The van der Waals surface area contributed by atoms with Crippen LogP contribution in [0.4, 0.5) is 0 Å².